The molecule has 4 atom stereocenters. The van der Waals surface area contributed by atoms with Gasteiger partial charge in [-0.15, -0.1) is 36.2 Å². The third-order valence-corrected chi connectivity index (χ3v) is 5.77. The van der Waals surface area contributed by atoms with Gasteiger partial charge in [0.2, 0.25) is 5.91 Å². The average molecular weight is 425 g/mol. The highest BCUT2D eigenvalue weighted by atomic mass is 35.5. The number of anilines is 1. The molecule has 1 aliphatic heterocycles. The molecule has 2 heterocycles. The van der Waals surface area contributed by atoms with Crippen LogP contribution in [0.25, 0.3) is 0 Å². The molecule has 1 aromatic rings. The van der Waals surface area contributed by atoms with Crippen LogP contribution in [-0.4, -0.2) is 47.6 Å². The third kappa shape index (κ3) is 6.04. The predicted octanol–water partition coefficient (Wildman–Crippen LogP) is 2.91. The molecule has 2 unspecified atom stereocenters. The molecular weight excluding hydrogens is 395 g/mol. The van der Waals surface area contributed by atoms with Crippen LogP contribution < -0.4 is 11.1 Å². The first-order valence-corrected chi connectivity index (χ1v) is 9.76. The van der Waals surface area contributed by atoms with Gasteiger partial charge in [-0.05, 0) is 39.2 Å². The lowest BCUT2D eigenvalue weighted by atomic mass is 9.95. The lowest BCUT2D eigenvalue weighted by Gasteiger charge is -2.34. The van der Waals surface area contributed by atoms with Gasteiger partial charge < -0.3 is 15.8 Å². The zero-order chi connectivity index (χ0) is 17.1. The molecule has 1 saturated carbocycles. The van der Waals surface area contributed by atoms with Gasteiger partial charge in [-0.3, -0.25) is 9.69 Å². The minimum atomic E-state index is 0. The third-order valence-electron chi connectivity index (χ3n) is 4.96. The van der Waals surface area contributed by atoms with Crippen molar-refractivity contribution in [3.8, 4) is 0 Å². The first-order valence-electron chi connectivity index (χ1n) is 8.88. The summed E-state index contributed by atoms with van der Waals surface area (Å²) < 4.78 is 5.76. The first kappa shape index (κ1) is 23.6. The van der Waals surface area contributed by atoms with Crippen molar-refractivity contribution in [3.63, 3.8) is 0 Å². The minimum absolute atomic E-state index is 0. The molecule has 150 valence electrons. The van der Waals surface area contributed by atoms with Gasteiger partial charge in [0.15, 0.2) is 5.13 Å². The molecule has 6 nitrogen and oxygen atoms in total. The summed E-state index contributed by atoms with van der Waals surface area (Å²) in [6.07, 6.45) is 3.60. The Bertz CT molecular complexity index is 565. The van der Waals surface area contributed by atoms with Crippen LogP contribution in [0.5, 0.6) is 0 Å². The van der Waals surface area contributed by atoms with E-state index in [0.29, 0.717) is 17.6 Å². The highest BCUT2D eigenvalue weighted by Gasteiger charge is 2.32. The van der Waals surface area contributed by atoms with Crippen molar-refractivity contribution in [2.24, 2.45) is 17.6 Å². The van der Waals surface area contributed by atoms with Gasteiger partial charge in [-0.1, -0.05) is 6.42 Å². The fourth-order valence-corrected chi connectivity index (χ4v) is 4.65. The Balaban J connectivity index is 0.00000169. The van der Waals surface area contributed by atoms with Crippen LogP contribution >= 0.6 is 36.2 Å². The molecule has 3 rings (SSSR count). The summed E-state index contributed by atoms with van der Waals surface area (Å²) in [5, 5.41) is 5.73. The summed E-state index contributed by atoms with van der Waals surface area (Å²) in [5.74, 6) is 0.446. The fraction of sp³-hybridized carbons (Fsp3) is 0.765. The molecule has 1 aromatic heterocycles. The van der Waals surface area contributed by atoms with E-state index in [4.69, 9.17) is 10.5 Å². The van der Waals surface area contributed by atoms with E-state index >= 15 is 0 Å². The quantitative estimate of drug-likeness (QED) is 0.758. The maximum atomic E-state index is 12.4. The standard InChI is InChI=1S/C17H28N4O2S.2ClH/c1-11-7-21(8-12(2)23-11)9-14-10-24-17(19-14)20-16(22)15-5-3-4-13(15)6-18;;/h10-13,15H,3-9,18H2,1-2H3,(H,19,20,22);2*1H/t11?,12?,13-,15-;;/m1../s1. The minimum Gasteiger partial charge on any atom is -0.373 e. The van der Waals surface area contributed by atoms with Crippen molar-refractivity contribution in [2.75, 3.05) is 25.0 Å². The van der Waals surface area contributed by atoms with E-state index in [1.54, 1.807) is 0 Å². The Morgan fingerprint density at radius 1 is 1.35 bits per heavy atom. The van der Waals surface area contributed by atoms with Crippen molar-refractivity contribution < 1.29 is 9.53 Å². The Hall–Kier alpha value is -0.440. The molecule has 26 heavy (non-hydrogen) atoms. The molecule has 2 aliphatic rings. The fourth-order valence-electron chi connectivity index (χ4n) is 3.94. The molecule has 3 N–H and O–H groups in total. The maximum absolute atomic E-state index is 12.4. The number of thiazole rings is 1. The lowest BCUT2D eigenvalue weighted by Crippen LogP contribution is -2.44. The van der Waals surface area contributed by atoms with Gasteiger partial charge in [0.1, 0.15) is 0 Å². The molecule has 0 spiro atoms. The van der Waals surface area contributed by atoms with Crippen LogP contribution in [0.3, 0.4) is 0 Å². The van der Waals surface area contributed by atoms with Gasteiger partial charge in [0, 0.05) is 30.9 Å². The Morgan fingerprint density at radius 3 is 2.69 bits per heavy atom. The maximum Gasteiger partial charge on any atom is 0.229 e. The van der Waals surface area contributed by atoms with Crippen LogP contribution in [0.2, 0.25) is 0 Å². The number of halogens is 2. The highest BCUT2D eigenvalue weighted by molar-refractivity contribution is 7.13. The normalized spacial score (nSPS) is 28.9. The van der Waals surface area contributed by atoms with E-state index in [1.807, 2.05) is 5.38 Å². The Morgan fingerprint density at radius 2 is 2.04 bits per heavy atom. The van der Waals surface area contributed by atoms with Gasteiger partial charge in [-0.2, -0.15) is 0 Å². The van der Waals surface area contributed by atoms with Crippen LogP contribution in [0.15, 0.2) is 5.38 Å². The smallest absolute Gasteiger partial charge is 0.229 e. The van der Waals surface area contributed by atoms with E-state index in [-0.39, 0.29) is 48.8 Å². The number of ether oxygens (including phenoxy) is 1. The zero-order valence-electron chi connectivity index (χ0n) is 15.3. The molecular formula is C17H30Cl2N4O2S. The summed E-state index contributed by atoms with van der Waals surface area (Å²) in [5.41, 5.74) is 6.79. The molecule has 1 amide bonds. The number of hydrogen-bond donors (Lipinski definition) is 2. The summed E-state index contributed by atoms with van der Waals surface area (Å²) >= 11 is 1.50. The molecule has 2 fully saturated rings. The lowest BCUT2D eigenvalue weighted by molar-refractivity contribution is -0.120. The number of hydrogen-bond acceptors (Lipinski definition) is 6. The van der Waals surface area contributed by atoms with Gasteiger partial charge >= 0.3 is 0 Å². The summed E-state index contributed by atoms with van der Waals surface area (Å²) in [6, 6.07) is 0. The number of aromatic nitrogens is 1. The highest BCUT2D eigenvalue weighted by Crippen LogP contribution is 2.32. The zero-order valence-corrected chi connectivity index (χ0v) is 17.8. The largest absolute Gasteiger partial charge is 0.373 e. The number of amides is 1. The first-order chi connectivity index (χ1) is 11.5. The van der Waals surface area contributed by atoms with E-state index in [9.17, 15) is 4.79 Å². The molecule has 1 saturated heterocycles. The van der Waals surface area contributed by atoms with E-state index in [0.717, 1.165) is 44.6 Å². The number of morpholine rings is 1. The molecule has 0 aromatic carbocycles. The van der Waals surface area contributed by atoms with Crippen molar-refractivity contribution >= 4 is 47.2 Å². The van der Waals surface area contributed by atoms with Crippen LogP contribution in [0.4, 0.5) is 5.13 Å². The summed E-state index contributed by atoms with van der Waals surface area (Å²) in [4.78, 5) is 19.4. The number of carbonyl (C=O) groups is 1. The SMILES string of the molecule is CC1CN(Cc2csc(NC(=O)[C@@H]3CCC[C@@H]3CN)n2)CC(C)O1.Cl.Cl. The average Bonchev–Trinajstić information content (AvgIpc) is 3.15. The van der Waals surface area contributed by atoms with Crippen molar-refractivity contribution in [1.82, 2.24) is 9.88 Å². The number of carbonyl (C=O) groups excluding carboxylic acids is 1. The van der Waals surface area contributed by atoms with Crippen molar-refractivity contribution in [2.45, 2.75) is 51.9 Å². The monoisotopic (exact) mass is 424 g/mol. The predicted molar refractivity (Wildman–Crippen MR) is 110 cm³/mol. The molecule has 9 heteroatoms. The molecule has 1 aliphatic carbocycles. The van der Waals surface area contributed by atoms with Gasteiger partial charge in [-0.25, -0.2) is 4.98 Å². The second-order valence-electron chi connectivity index (χ2n) is 7.12. The molecule has 0 radical (unpaired) electrons. The Labute approximate surface area is 172 Å². The number of nitrogens with two attached hydrogens (primary N) is 1. The summed E-state index contributed by atoms with van der Waals surface area (Å²) in [6.45, 7) is 7.44. The van der Waals surface area contributed by atoms with E-state index < -0.39 is 0 Å². The van der Waals surface area contributed by atoms with Crippen LogP contribution in [-0.2, 0) is 16.1 Å². The van der Waals surface area contributed by atoms with Gasteiger partial charge in [0.05, 0.1) is 17.9 Å². The number of nitrogens with one attached hydrogen (secondary N) is 1. The number of rotatable bonds is 5. The summed E-state index contributed by atoms with van der Waals surface area (Å²) in [7, 11) is 0. The van der Waals surface area contributed by atoms with E-state index in [2.05, 4.69) is 29.0 Å². The van der Waals surface area contributed by atoms with Crippen LogP contribution in [0, 0.1) is 11.8 Å². The second kappa shape index (κ2) is 10.8. The van der Waals surface area contributed by atoms with Crippen molar-refractivity contribution in [3.05, 3.63) is 11.1 Å². The van der Waals surface area contributed by atoms with E-state index in [1.165, 1.54) is 11.3 Å². The second-order valence-corrected chi connectivity index (χ2v) is 7.98. The van der Waals surface area contributed by atoms with Crippen molar-refractivity contribution in [1.29, 1.82) is 0 Å². The Kier molecular flexibility index (Phi) is 9.79. The number of nitrogens with zero attached hydrogens (tertiary/aromatic N) is 2. The molecule has 0 bridgehead atoms. The van der Waals surface area contributed by atoms with Gasteiger partial charge in [0.25, 0.3) is 0 Å². The van der Waals surface area contributed by atoms with Crippen LogP contribution in [0.1, 0.15) is 38.8 Å². The topological polar surface area (TPSA) is 80.5 Å².